The van der Waals surface area contributed by atoms with Crippen LogP contribution in [0.2, 0.25) is 10.0 Å². The summed E-state index contributed by atoms with van der Waals surface area (Å²) in [7, 11) is 0. The minimum atomic E-state index is -0.852. The normalized spacial score (nSPS) is 14.1. The number of anilines is 1. The van der Waals surface area contributed by atoms with Crippen LogP contribution < -0.4 is 24.4 Å². The summed E-state index contributed by atoms with van der Waals surface area (Å²) < 4.78 is 17.5. The molecule has 1 aliphatic rings. The Morgan fingerprint density at radius 3 is 2.00 bits per heavy atom. The van der Waals surface area contributed by atoms with Crippen LogP contribution in [0.25, 0.3) is 6.08 Å². The molecular formula is C33H26Cl2N2O6. The molecular weight excluding hydrogens is 591 g/mol. The Bertz CT molecular complexity index is 1700. The predicted molar refractivity (Wildman–Crippen MR) is 165 cm³/mol. The molecule has 0 aliphatic carbocycles. The van der Waals surface area contributed by atoms with Gasteiger partial charge in [-0.05, 0) is 67.1 Å². The number of halogens is 2. The lowest BCUT2D eigenvalue weighted by Gasteiger charge is -2.26. The van der Waals surface area contributed by atoms with E-state index >= 15 is 0 Å². The Hall–Kier alpha value is -4.79. The van der Waals surface area contributed by atoms with Crippen molar-refractivity contribution in [1.29, 1.82) is 0 Å². The molecule has 1 fully saturated rings. The van der Waals surface area contributed by atoms with Gasteiger partial charge in [-0.2, -0.15) is 0 Å². The van der Waals surface area contributed by atoms with E-state index in [0.29, 0.717) is 39.5 Å². The van der Waals surface area contributed by atoms with Crippen molar-refractivity contribution in [2.45, 2.75) is 20.1 Å². The zero-order chi connectivity index (χ0) is 30.3. The molecule has 1 saturated heterocycles. The molecule has 5 rings (SSSR count). The Balaban J connectivity index is 1.33. The fraction of sp³-hybridized carbons (Fsp3) is 0.121. The smallest absolute Gasteiger partial charge is 0.335 e. The van der Waals surface area contributed by atoms with Gasteiger partial charge in [0.15, 0.2) is 11.5 Å². The highest BCUT2D eigenvalue weighted by Crippen LogP contribution is 2.32. The number of barbiturate groups is 1. The summed E-state index contributed by atoms with van der Waals surface area (Å²) in [5, 5.41) is 3.41. The zero-order valence-corrected chi connectivity index (χ0v) is 24.5. The van der Waals surface area contributed by atoms with Crippen LogP contribution in [0.4, 0.5) is 10.5 Å². The Morgan fingerprint density at radius 1 is 0.744 bits per heavy atom. The second kappa shape index (κ2) is 13.5. The summed E-state index contributed by atoms with van der Waals surface area (Å²) in [4.78, 5) is 39.7. The lowest BCUT2D eigenvalue weighted by Crippen LogP contribution is -2.54. The fourth-order valence-electron chi connectivity index (χ4n) is 4.30. The van der Waals surface area contributed by atoms with Gasteiger partial charge in [-0.25, -0.2) is 9.69 Å². The highest BCUT2D eigenvalue weighted by molar-refractivity contribution is 6.39. The molecule has 10 heteroatoms. The van der Waals surface area contributed by atoms with E-state index in [9.17, 15) is 14.4 Å². The Kier molecular flexibility index (Phi) is 9.29. The van der Waals surface area contributed by atoms with Gasteiger partial charge < -0.3 is 14.2 Å². The van der Waals surface area contributed by atoms with Gasteiger partial charge in [-0.1, -0.05) is 65.7 Å². The quantitative estimate of drug-likeness (QED) is 0.149. The third-order valence-electron chi connectivity index (χ3n) is 6.47. The largest absolute Gasteiger partial charge is 0.490 e. The van der Waals surface area contributed by atoms with Crippen LogP contribution in [0.5, 0.6) is 17.2 Å². The molecule has 43 heavy (non-hydrogen) atoms. The van der Waals surface area contributed by atoms with Crippen molar-refractivity contribution in [3.63, 3.8) is 0 Å². The highest BCUT2D eigenvalue weighted by atomic mass is 35.5. The topological polar surface area (TPSA) is 94.2 Å². The molecule has 8 nitrogen and oxygen atoms in total. The molecule has 0 unspecified atom stereocenters. The van der Waals surface area contributed by atoms with Crippen molar-refractivity contribution >= 4 is 52.8 Å². The van der Waals surface area contributed by atoms with E-state index in [0.717, 1.165) is 16.0 Å². The van der Waals surface area contributed by atoms with Gasteiger partial charge in [0.2, 0.25) is 0 Å². The Morgan fingerprint density at radius 2 is 1.37 bits per heavy atom. The van der Waals surface area contributed by atoms with Crippen molar-refractivity contribution in [3.8, 4) is 17.2 Å². The van der Waals surface area contributed by atoms with Crippen LogP contribution in [-0.4, -0.2) is 24.5 Å². The summed E-state index contributed by atoms with van der Waals surface area (Å²) >= 11 is 12.4. The first-order valence-electron chi connectivity index (χ1n) is 13.3. The SMILES string of the molecule is CCOc1cc(/C=C2\C(=O)NC(=O)N(c3ccc(OCc4ccccc4Cl)cc3)C2=O)ccc1OCc1ccccc1Cl. The number of amides is 4. The van der Waals surface area contributed by atoms with Gasteiger partial charge >= 0.3 is 6.03 Å². The van der Waals surface area contributed by atoms with Crippen molar-refractivity contribution in [1.82, 2.24) is 5.32 Å². The van der Waals surface area contributed by atoms with E-state index in [1.165, 1.54) is 6.08 Å². The number of carbonyl (C=O) groups is 3. The maximum absolute atomic E-state index is 13.4. The molecule has 0 atom stereocenters. The van der Waals surface area contributed by atoms with E-state index in [2.05, 4.69) is 5.32 Å². The van der Waals surface area contributed by atoms with Crippen LogP contribution in [0.3, 0.4) is 0 Å². The fourth-order valence-corrected chi connectivity index (χ4v) is 4.68. The number of nitrogens with zero attached hydrogens (tertiary/aromatic N) is 1. The van der Waals surface area contributed by atoms with E-state index in [1.54, 1.807) is 54.6 Å². The van der Waals surface area contributed by atoms with Gasteiger partial charge in [0.1, 0.15) is 24.5 Å². The number of carbonyl (C=O) groups excluding carboxylic acids is 3. The number of ether oxygens (including phenoxy) is 3. The maximum Gasteiger partial charge on any atom is 0.335 e. The highest BCUT2D eigenvalue weighted by Gasteiger charge is 2.36. The van der Waals surface area contributed by atoms with Gasteiger partial charge in [0.05, 0.1) is 12.3 Å². The van der Waals surface area contributed by atoms with Crippen molar-refractivity contribution in [3.05, 3.63) is 123 Å². The van der Waals surface area contributed by atoms with Crippen LogP contribution in [-0.2, 0) is 22.8 Å². The summed E-state index contributed by atoms with van der Waals surface area (Å²) in [5.41, 5.74) is 2.19. The van der Waals surface area contributed by atoms with E-state index in [4.69, 9.17) is 37.4 Å². The van der Waals surface area contributed by atoms with E-state index < -0.39 is 17.8 Å². The summed E-state index contributed by atoms with van der Waals surface area (Å²) in [6.45, 7) is 2.67. The van der Waals surface area contributed by atoms with Crippen molar-refractivity contribution in [2.24, 2.45) is 0 Å². The number of hydrogen-bond donors (Lipinski definition) is 1. The lowest BCUT2D eigenvalue weighted by atomic mass is 10.1. The molecule has 0 radical (unpaired) electrons. The van der Waals surface area contributed by atoms with Gasteiger partial charge in [0.25, 0.3) is 11.8 Å². The molecule has 1 aliphatic heterocycles. The summed E-state index contributed by atoms with van der Waals surface area (Å²) in [6, 6.07) is 25.2. The first-order valence-corrected chi connectivity index (χ1v) is 14.1. The minimum absolute atomic E-state index is 0.217. The second-order valence-corrected chi connectivity index (χ2v) is 10.2. The second-order valence-electron chi connectivity index (χ2n) is 9.35. The number of urea groups is 1. The van der Waals surface area contributed by atoms with Gasteiger partial charge in [0, 0.05) is 21.2 Å². The van der Waals surface area contributed by atoms with Crippen molar-refractivity contribution < 1.29 is 28.6 Å². The molecule has 1 heterocycles. The number of hydrogen-bond acceptors (Lipinski definition) is 6. The zero-order valence-electron chi connectivity index (χ0n) is 23.0. The number of rotatable bonds is 10. The molecule has 4 aromatic carbocycles. The molecule has 1 N–H and O–H groups in total. The average Bonchev–Trinajstić information content (AvgIpc) is 3.00. The summed E-state index contributed by atoms with van der Waals surface area (Å²) in [5.74, 6) is -0.163. The van der Waals surface area contributed by atoms with Crippen LogP contribution in [0.1, 0.15) is 23.6 Å². The number of imide groups is 2. The third-order valence-corrected chi connectivity index (χ3v) is 7.21. The number of benzene rings is 4. The summed E-state index contributed by atoms with van der Waals surface area (Å²) in [6.07, 6.45) is 1.40. The van der Waals surface area contributed by atoms with Crippen LogP contribution >= 0.6 is 23.2 Å². The maximum atomic E-state index is 13.4. The third kappa shape index (κ3) is 6.99. The minimum Gasteiger partial charge on any atom is -0.490 e. The van der Waals surface area contributed by atoms with Gasteiger partial charge in [-0.3, -0.25) is 14.9 Å². The first kappa shape index (κ1) is 29.7. The predicted octanol–water partition coefficient (Wildman–Crippen LogP) is 7.22. The molecule has 218 valence electrons. The number of nitrogens with one attached hydrogen (secondary N) is 1. The molecule has 0 bridgehead atoms. The first-order chi connectivity index (χ1) is 20.8. The standard InChI is InChI=1S/C33H26Cl2N2O6/c1-2-41-30-18-21(11-16-29(30)43-20-23-8-4-6-10-28(23)35)17-26-31(38)36-33(40)37(32(26)39)24-12-14-25(15-13-24)42-19-22-7-3-5-9-27(22)34/h3-18H,2,19-20H2,1H3,(H,36,38,40)/b26-17+. The van der Waals surface area contributed by atoms with E-state index in [1.807, 2.05) is 43.3 Å². The average molecular weight is 617 g/mol. The monoisotopic (exact) mass is 616 g/mol. The van der Waals surface area contributed by atoms with Crippen LogP contribution in [0.15, 0.2) is 96.6 Å². The molecule has 4 aromatic rings. The van der Waals surface area contributed by atoms with E-state index in [-0.39, 0.29) is 24.5 Å². The molecule has 0 saturated carbocycles. The van der Waals surface area contributed by atoms with Gasteiger partial charge in [-0.15, -0.1) is 0 Å². The van der Waals surface area contributed by atoms with Crippen molar-refractivity contribution in [2.75, 3.05) is 11.5 Å². The molecule has 0 aromatic heterocycles. The molecule has 0 spiro atoms. The molecule has 4 amide bonds. The lowest BCUT2D eigenvalue weighted by molar-refractivity contribution is -0.122. The Labute approximate surface area is 258 Å². The van der Waals surface area contributed by atoms with Crippen LogP contribution in [0, 0.1) is 0 Å².